The van der Waals surface area contributed by atoms with Crippen LogP contribution in [0.25, 0.3) is 0 Å². The lowest BCUT2D eigenvalue weighted by Gasteiger charge is -2.17. The van der Waals surface area contributed by atoms with Gasteiger partial charge in [-0.3, -0.25) is 0 Å². The third kappa shape index (κ3) is 4.37. The number of benzene rings is 1. The van der Waals surface area contributed by atoms with Crippen LogP contribution >= 0.6 is 12.6 Å². The second-order valence-corrected chi connectivity index (χ2v) is 5.25. The van der Waals surface area contributed by atoms with Gasteiger partial charge in [0.1, 0.15) is 0 Å². The van der Waals surface area contributed by atoms with E-state index in [4.69, 9.17) is 0 Å². The Labute approximate surface area is 86.8 Å². The minimum absolute atomic E-state index is 0.423. The highest BCUT2D eigenvalue weighted by atomic mass is 32.1. The monoisotopic (exact) mass is 194 g/mol. The highest BCUT2D eigenvalue weighted by molar-refractivity contribution is 7.80. The molecule has 0 nitrogen and oxygen atoms in total. The average Bonchev–Trinajstić information content (AvgIpc) is 2.00. The van der Waals surface area contributed by atoms with Gasteiger partial charge >= 0.3 is 0 Å². The molecule has 72 valence electrons. The van der Waals surface area contributed by atoms with Crippen molar-refractivity contribution in [1.82, 2.24) is 0 Å². The second-order valence-electron chi connectivity index (χ2n) is 4.73. The summed E-state index contributed by atoms with van der Waals surface area (Å²) >= 11 is 4.32. The Morgan fingerprint density at radius 1 is 1.23 bits per heavy atom. The summed E-state index contributed by atoms with van der Waals surface area (Å²) in [5.74, 6) is 0. The molecule has 0 unspecified atom stereocenters. The molecule has 0 spiro atoms. The van der Waals surface area contributed by atoms with Gasteiger partial charge in [-0.05, 0) is 36.0 Å². The molecule has 1 aromatic rings. The molecule has 1 heteroatoms. The van der Waals surface area contributed by atoms with E-state index in [2.05, 4.69) is 51.6 Å². The van der Waals surface area contributed by atoms with Crippen LogP contribution in [0.4, 0.5) is 0 Å². The van der Waals surface area contributed by atoms with E-state index in [1.54, 1.807) is 0 Å². The minimum atomic E-state index is 0.423. The highest BCUT2D eigenvalue weighted by Gasteiger charge is 2.09. The van der Waals surface area contributed by atoms with Crippen LogP contribution in [-0.4, -0.2) is 0 Å². The molecule has 0 amide bonds. The van der Waals surface area contributed by atoms with E-state index in [9.17, 15) is 0 Å². The average molecular weight is 194 g/mol. The zero-order valence-corrected chi connectivity index (χ0v) is 9.57. The molecule has 0 aromatic heterocycles. The van der Waals surface area contributed by atoms with Crippen molar-refractivity contribution in [3.05, 3.63) is 29.8 Å². The fraction of sp³-hybridized carbons (Fsp3) is 0.500. The van der Waals surface area contributed by atoms with Crippen molar-refractivity contribution in [2.24, 2.45) is 5.41 Å². The van der Waals surface area contributed by atoms with Gasteiger partial charge in [0.05, 0.1) is 0 Å². The van der Waals surface area contributed by atoms with Gasteiger partial charge in [-0.2, -0.15) is 0 Å². The number of rotatable bonds is 2. The molecule has 0 N–H and O–H groups in total. The lowest BCUT2D eigenvalue weighted by Crippen LogP contribution is -2.06. The van der Waals surface area contributed by atoms with E-state index < -0.39 is 0 Å². The molecular formula is C12H18S. The summed E-state index contributed by atoms with van der Waals surface area (Å²) < 4.78 is 0. The fourth-order valence-corrected chi connectivity index (χ4v) is 1.48. The largest absolute Gasteiger partial charge is 0.143 e. The Kier molecular flexibility index (Phi) is 3.43. The van der Waals surface area contributed by atoms with Crippen LogP contribution < -0.4 is 0 Å². The molecule has 0 saturated carbocycles. The molecule has 0 aliphatic carbocycles. The van der Waals surface area contributed by atoms with Gasteiger partial charge in [0.25, 0.3) is 0 Å². The van der Waals surface area contributed by atoms with E-state index in [-0.39, 0.29) is 0 Å². The molecule has 1 aromatic carbocycles. The molecule has 0 fully saturated rings. The maximum Gasteiger partial charge on any atom is 0.00427 e. The van der Waals surface area contributed by atoms with Crippen LogP contribution in [0.5, 0.6) is 0 Å². The predicted molar refractivity (Wildman–Crippen MR) is 61.5 cm³/mol. The smallest absolute Gasteiger partial charge is 0.00427 e. The molecule has 0 aliphatic rings. The zero-order chi connectivity index (χ0) is 9.90. The summed E-state index contributed by atoms with van der Waals surface area (Å²) in [4.78, 5) is 1.06. The van der Waals surface area contributed by atoms with Crippen molar-refractivity contribution in [3.63, 3.8) is 0 Å². The molecule has 0 saturated heterocycles. The minimum Gasteiger partial charge on any atom is -0.143 e. The first-order chi connectivity index (χ1) is 5.97. The fourth-order valence-electron chi connectivity index (χ4n) is 1.23. The standard InChI is InChI=1S/C12H18S/c1-12(2,3)8-7-10-5-4-6-11(13)9-10/h4-6,9,13H,7-8H2,1-3H3. The van der Waals surface area contributed by atoms with Gasteiger partial charge < -0.3 is 0 Å². The summed E-state index contributed by atoms with van der Waals surface area (Å²) in [7, 11) is 0. The molecule has 0 aliphatic heterocycles. The van der Waals surface area contributed by atoms with Gasteiger partial charge in [0.2, 0.25) is 0 Å². The van der Waals surface area contributed by atoms with Crippen LogP contribution in [0.2, 0.25) is 0 Å². The lowest BCUT2D eigenvalue weighted by atomic mass is 9.89. The SMILES string of the molecule is CC(C)(C)CCc1cccc(S)c1. The number of aryl methyl sites for hydroxylation is 1. The summed E-state index contributed by atoms with van der Waals surface area (Å²) in [6.07, 6.45) is 2.38. The molecule has 0 heterocycles. The van der Waals surface area contributed by atoms with Crippen LogP contribution in [-0.2, 0) is 6.42 Å². The van der Waals surface area contributed by atoms with Crippen molar-refractivity contribution in [1.29, 1.82) is 0 Å². The maximum atomic E-state index is 4.32. The van der Waals surface area contributed by atoms with Gasteiger partial charge in [0.15, 0.2) is 0 Å². The van der Waals surface area contributed by atoms with Crippen LogP contribution in [0, 0.1) is 5.41 Å². The molecule has 0 bridgehead atoms. The van der Waals surface area contributed by atoms with Crippen molar-refractivity contribution >= 4 is 12.6 Å². The molecule has 1 rings (SSSR count). The summed E-state index contributed by atoms with van der Waals surface area (Å²) in [6.45, 7) is 6.83. The Bertz CT molecular complexity index is 271. The van der Waals surface area contributed by atoms with Crippen molar-refractivity contribution < 1.29 is 0 Å². The third-order valence-corrected chi connectivity index (χ3v) is 2.35. The van der Waals surface area contributed by atoms with Gasteiger partial charge in [-0.1, -0.05) is 32.9 Å². The first kappa shape index (κ1) is 10.6. The van der Waals surface area contributed by atoms with E-state index in [1.807, 2.05) is 6.07 Å². The normalized spacial score (nSPS) is 11.7. The summed E-state index contributed by atoms with van der Waals surface area (Å²) in [5.41, 5.74) is 1.81. The number of thiol groups is 1. The number of hydrogen-bond donors (Lipinski definition) is 1. The van der Waals surface area contributed by atoms with Gasteiger partial charge in [0, 0.05) is 4.90 Å². The second kappa shape index (κ2) is 4.19. The van der Waals surface area contributed by atoms with Crippen molar-refractivity contribution in [2.45, 2.75) is 38.5 Å². The van der Waals surface area contributed by atoms with Gasteiger partial charge in [-0.15, -0.1) is 12.6 Å². The molecular weight excluding hydrogens is 176 g/mol. The van der Waals surface area contributed by atoms with Crippen LogP contribution in [0.1, 0.15) is 32.8 Å². The van der Waals surface area contributed by atoms with Crippen molar-refractivity contribution in [2.75, 3.05) is 0 Å². The van der Waals surface area contributed by atoms with Crippen LogP contribution in [0.15, 0.2) is 29.2 Å². The zero-order valence-electron chi connectivity index (χ0n) is 8.67. The van der Waals surface area contributed by atoms with Gasteiger partial charge in [-0.25, -0.2) is 0 Å². The van der Waals surface area contributed by atoms with E-state index in [1.165, 1.54) is 12.0 Å². The van der Waals surface area contributed by atoms with E-state index in [0.717, 1.165) is 11.3 Å². The third-order valence-electron chi connectivity index (χ3n) is 2.07. The highest BCUT2D eigenvalue weighted by Crippen LogP contribution is 2.22. The van der Waals surface area contributed by atoms with E-state index in [0.29, 0.717) is 5.41 Å². The number of hydrogen-bond acceptors (Lipinski definition) is 1. The van der Waals surface area contributed by atoms with Crippen LogP contribution in [0.3, 0.4) is 0 Å². The molecule has 0 atom stereocenters. The summed E-state index contributed by atoms with van der Waals surface area (Å²) in [5, 5.41) is 0. The quantitative estimate of drug-likeness (QED) is 0.677. The first-order valence-corrected chi connectivity index (χ1v) is 5.20. The lowest BCUT2D eigenvalue weighted by molar-refractivity contribution is 0.378. The molecule has 0 radical (unpaired) electrons. The Balaban J connectivity index is 2.55. The van der Waals surface area contributed by atoms with E-state index >= 15 is 0 Å². The predicted octanol–water partition coefficient (Wildman–Crippen LogP) is 3.95. The topological polar surface area (TPSA) is 0 Å². The van der Waals surface area contributed by atoms with Crippen molar-refractivity contribution in [3.8, 4) is 0 Å². The Hall–Kier alpha value is -0.430. The summed E-state index contributed by atoms with van der Waals surface area (Å²) in [6, 6.07) is 8.41. The maximum absolute atomic E-state index is 4.32. The first-order valence-electron chi connectivity index (χ1n) is 4.75. The Morgan fingerprint density at radius 3 is 2.46 bits per heavy atom. The molecule has 13 heavy (non-hydrogen) atoms. The Morgan fingerprint density at radius 2 is 1.92 bits per heavy atom.